The summed E-state index contributed by atoms with van der Waals surface area (Å²) in [6, 6.07) is 14.7. The molecule has 0 radical (unpaired) electrons. The zero-order valence-corrected chi connectivity index (χ0v) is 13.0. The standard InChI is InChI=1S/C19H23NO2/c1-2-22-19(21)18(17-9-5-6-12-20-17)16-11-10-14-7-3-4-8-15(14)13-16/h3-4,7-8,10-11,13,17-18,20H,2,5-6,9,12H2,1H3. The van der Waals surface area contributed by atoms with Gasteiger partial charge in [-0.15, -0.1) is 0 Å². The number of carbonyl (C=O) groups excluding carboxylic acids is 1. The summed E-state index contributed by atoms with van der Waals surface area (Å²) in [7, 11) is 0. The van der Waals surface area contributed by atoms with Gasteiger partial charge in [-0.1, -0.05) is 48.9 Å². The maximum atomic E-state index is 12.5. The van der Waals surface area contributed by atoms with Crippen LogP contribution in [0.4, 0.5) is 0 Å². The molecule has 3 rings (SSSR count). The molecule has 1 aliphatic heterocycles. The molecular weight excluding hydrogens is 274 g/mol. The van der Waals surface area contributed by atoms with Gasteiger partial charge in [-0.3, -0.25) is 4.79 Å². The van der Waals surface area contributed by atoms with Crippen LogP contribution < -0.4 is 5.32 Å². The summed E-state index contributed by atoms with van der Waals surface area (Å²) in [6.07, 6.45) is 3.38. The minimum absolute atomic E-state index is 0.114. The third-order valence-electron chi connectivity index (χ3n) is 4.42. The molecule has 1 aliphatic rings. The van der Waals surface area contributed by atoms with Gasteiger partial charge in [0.1, 0.15) is 0 Å². The van der Waals surface area contributed by atoms with Crippen LogP contribution in [-0.4, -0.2) is 25.2 Å². The molecule has 3 heteroatoms. The molecule has 22 heavy (non-hydrogen) atoms. The highest BCUT2D eigenvalue weighted by Gasteiger charge is 2.32. The summed E-state index contributed by atoms with van der Waals surface area (Å²) in [5.74, 6) is -0.331. The van der Waals surface area contributed by atoms with Crippen molar-refractivity contribution in [2.24, 2.45) is 0 Å². The maximum Gasteiger partial charge on any atom is 0.315 e. The second-order valence-electron chi connectivity index (χ2n) is 5.89. The molecule has 2 aromatic carbocycles. The first kappa shape index (κ1) is 15.0. The number of ether oxygens (including phenoxy) is 1. The third-order valence-corrected chi connectivity index (χ3v) is 4.42. The number of nitrogens with one attached hydrogen (secondary N) is 1. The topological polar surface area (TPSA) is 38.3 Å². The van der Waals surface area contributed by atoms with Crippen LogP contribution in [0.25, 0.3) is 10.8 Å². The van der Waals surface area contributed by atoms with Gasteiger partial charge in [0.15, 0.2) is 0 Å². The van der Waals surface area contributed by atoms with Gasteiger partial charge < -0.3 is 10.1 Å². The van der Waals surface area contributed by atoms with Crippen molar-refractivity contribution in [1.82, 2.24) is 5.32 Å². The molecule has 2 unspecified atom stereocenters. The summed E-state index contributed by atoms with van der Waals surface area (Å²) < 4.78 is 5.34. The summed E-state index contributed by atoms with van der Waals surface area (Å²) in [4.78, 5) is 12.5. The van der Waals surface area contributed by atoms with Crippen molar-refractivity contribution in [3.05, 3.63) is 48.0 Å². The van der Waals surface area contributed by atoms with Gasteiger partial charge in [-0.05, 0) is 42.6 Å². The monoisotopic (exact) mass is 297 g/mol. The van der Waals surface area contributed by atoms with E-state index in [1.165, 1.54) is 23.6 Å². The maximum absolute atomic E-state index is 12.5. The van der Waals surface area contributed by atoms with Crippen molar-refractivity contribution in [3.63, 3.8) is 0 Å². The van der Waals surface area contributed by atoms with E-state index in [0.717, 1.165) is 18.5 Å². The van der Waals surface area contributed by atoms with Crippen LogP contribution in [0.3, 0.4) is 0 Å². The Morgan fingerprint density at radius 2 is 2.05 bits per heavy atom. The minimum atomic E-state index is -0.218. The molecule has 1 heterocycles. The number of rotatable bonds is 4. The first-order valence-electron chi connectivity index (χ1n) is 8.18. The lowest BCUT2D eigenvalue weighted by molar-refractivity contribution is -0.145. The second-order valence-corrected chi connectivity index (χ2v) is 5.89. The highest BCUT2D eigenvalue weighted by Crippen LogP contribution is 2.29. The number of esters is 1. The molecule has 0 spiro atoms. The lowest BCUT2D eigenvalue weighted by Crippen LogP contribution is -2.42. The van der Waals surface area contributed by atoms with E-state index in [-0.39, 0.29) is 17.9 Å². The van der Waals surface area contributed by atoms with Crippen LogP contribution >= 0.6 is 0 Å². The summed E-state index contributed by atoms with van der Waals surface area (Å²) in [5, 5.41) is 5.88. The molecule has 2 atom stereocenters. The number of fused-ring (bicyclic) bond motifs is 1. The van der Waals surface area contributed by atoms with Gasteiger partial charge in [0.05, 0.1) is 12.5 Å². The lowest BCUT2D eigenvalue weighted by Gasteiger charge is -2.30. The molecule has 3 nitrogen and oxygen atoms in total. The van der Waals surface area contributed by atoms with Gasteiger partial charge in [-0.25, -0.2) is 0 Å². The fourth-order valence-corrected chi connectivity index (χ4v) is 3.33. The first-order valence-corrected chi connectivity index (χ1v) is 8.18. The van der Waals surface area contributed by atoms with Crippen LogP contribution in [-0.2, 0) is 9.53 Å². The quantitative estimate of drug-likeness (QED) is 0.876. The number of hydrogen-bond acceptors (Lipinski definition) is 3. The Kier molecular flexibility index (Phi) is 4.74. The highest BCUT2D eigenvalue weighted by atomic mass is 16.5. The van der Waals surface area contributed by atoms with Crippen molar-refractivity contribution in [2.45, 2.75) is 38.1 Å². The first-order chi connectivity index (χ1) is 10.8. The van der Waals surface area contributed by atoms with Gasteiger partial charge in [0.25, 0.3) is 0 Å². The fourth-order valence-electron chi connectivity index (χ4n) is 3.33. The molecule has 0 bridgehead atoms. The highest BCUT2D eigenvalue weighted by molar-refractivity contribution is 5.86. The van der Waals surface area contributed by atoms with Gasteiger partial charge in [0, 0.05) is 6.04 Å². The zero-order valence-electron chi connectivity index (χ0n) is 13.0. The molecule has 0 amide bonds. The third kappa shape index (κ3) is 3.14. The molecule has 116 valence electrons. The van der Waals surface area contributed by atoms with E-state index < -0.39 is 0 Å². The van der Waals surface area contributed by atoms with Crippen LogP contribution in [0, 0.1) is 0 Å². The van der Waals surface area contributed by atoms with E-state index in [4.69, 9.17) is 4.74 Å². The number of carbonyl (C=O) groups is 1. The van der Waals surface area contributed by atoms with Crippen LogP contribution in [0.5, 0.6) is 0 Å². The molecule has 1 saturated heterocycles. The van der Waals surface area contributed by atoms with E-state index in [0.29, 0.717) is 6.61 Å². The van der Waals surface area contributed by atoms with Crippen LogP contribution in [0.1, 0.15) is 37.7 Å². The Bertz CT molecular complexity index is 647. The summed E-state index contributed by atoms with van der Waals surface area (Å²) in [5.41, 5.74) is 1.05. The zero-order chi connectivity index (χ0) is 15.4. The number of benzene rings is 2. The molecule has 0 aliphatic carbocycles. The summed E-state index contributed by atoms with van der Waals surface area (Å²) >= 11 is 0. The van der Waals surface area contributed by atoms with Crippen molar-refractivity contribution < 1.29 is 9.53 Å². The Balaban J connectivity index is 1.96. The molecule has 1 fully saturated rings. The Morgan fingerprint density at radius 1 is 1.23 bits per heavy atom. The Hall–Kier alpha value is -1.87. The predicted octanol–water partition coefficient (Wildman–Crippen LogP) is 3.63. The van der Waals surface area contributed by atoms with Gasteiger partial charge in [-0.2, -0.15) is 0 Å². The fraction of sp³-hybridized carbons (Fsp3) is 0.421. The van der Waals surface area contributed by atoms with Gasteiger partial charge in [0.2, 0.25) is 0 Å². The average molecular weight is 297 g/mol. The van der Waals surface area contributed by atoms with Crippen LogP contribution in [0.2, 0.25) is 0 Å². The Labute approximate surface area is 131 Å². The predicted molar refractivity (Wildman–Crippen MR) is 89.0 cm³/mol. The molecule has 0 aromatic heterocycles. The van der Waals surface area contributed by atoms with Crippen molar-refractivity contribution in [3.8, 4) is 0 Å². The molecule has 2 aromatic rings. The number of hydrogen-bond donors (Lipinski definition) is 1. The van der Waals surface area contributed by atoms with Gasteiger partial charge >= 0.3 is 5.97 Å². The minimum Gasteiger partial charge on any atom is -0.465 e. The van der Waals surface area contributed by atoms with E-state index in [9.17, 15) is 4.79 Å². The lowest BCUT2D eigenvalue weighted by atomic mass is 9.85. The normalized spacial score (nSPS) is 19.8. The van der Waals surface area contributed by atoms with E-state index in [2.05, 4.69) is 35.6 Å². The van der Waals surface area contributed by atoms with E-state index in [1.54, 1.807) is 0 Å². The molecule has 1 N–H and O–H groups in total. The molecule has 0 saturated carbocycles. The van der Waals surface area contributed by atoms with Crippen LogP contribution in [0.15, 0.2) is 42.5 Å². The summed E-state index contributed by atoms with van der Waals surface area (Å²) in [6.45, 7) is 3.27. The SMILES string of the molecule is CCOC(=O)C(c1ccc2ccccc2c1)C1CCCCN1. The van der Waals surface area contributed by atoms with E-state index >= 15 is 0 Å². The molecular formula is C19H23NO2. The average Bonchev–Trinajstić information content (AvgIpc) is 2.56. The van der Waals surface area contributed by atoms with Crippen molar-refractivity contribution >= 4 is 16.7 Å². The van der Waals surface area contributed by atoms with E-state index in [1.807, 2.05) is 19.1 Å². The smallest absolute Gasteiger partial charge is 0.315 e. The van der Waals surface area contributed by atoms with Crippen molar-refractivity contribution in [2.75, 3.05) is 13.2 Å². The largest absolute Gasteiger partial charge is 0.465 e. The number of piperidine rings is 1. The Morgan fingerprint density at radius 3 is 2.77 bits per heavy atom. The second kappa shape index (κ2) is 6.93. The van der Waals surface area contributed by atoms with Crippen molar-refractivity contribution in [1.29, 1.82) is 0 Å².